The van der Waals surface area contributed by atoms with Crippen molar-refractivity contribution in [3.63, 3.8) is 0 Å². The smallest absolute Gasteiger partial charge is 0.216 e. The molecule has 2 aromatic carbocycles. The Kier molecular flexibility index (Phi) is 7.30. The Morgan fingerprint density at radius 3 is 2.38 bits per heavy atom. The molecular formula is C39H35IrN3OS-2. The van der Waals surface area contributed by atoms with Gasteiger partial charge in [0.15, 0.2) is 0 Å². The molecule has 0 N–H and O–H groups in total. The SMILES string of the molecule is Cc1ccc(-c2[c-]cccc2)nc1.[2H]C([2H])([2H])c1ccc2c(n1)oc1c(-c3ccc4c5c(sc4n3)C(C)(C)CCC5(C)C)[c-]ccc12.[Ir]. The van der Waals surface area contributed by atoms with Crippen molar-refractivity contribution >= 4 is 43.6 Å². The van der Waals surface area contributed by atoms with Crippen LogP contribution in [-0.4, -0.2) is 15.0 Å². The van der Waals surface area contributed by atoms with Crippen LogP contribution in [0.3, 0.4) is 0 Å². The molecule has 1 aliphatic rings. The Bertz CT molecular complexity index is 2260. The number of aromatic nitrogens is 3. The van der Waals surface area contributed by atoms with Gasteiger partial charge in [-0.05, 0) is 72.1 Å². The molecule has 0 atom stereocenters. The van der Waals surface area contributed by atoms with Crippen molar-refractivity contribution in [3.8, 4) is 22.5 Å². The van der Waals surface area contributed by atoms with E-state index in [1.54, 1.807) is 23.5 Å². The molecule has 5 aromatic heterocycles. The van der Waals surface area contributed by atoms with E-state index in [0.29, 0.717) is 11.3 Å². The van der Waals surface area contributed by atoms with Crippen LogP contribution in [0.4, 0.5) is 0 Å². The number of fused-ring (bicyclic) bond motifs is 6. The van der Waals surface area contributed by atoms with Gasteiger partial charge in [0.1, 0.15) is 4.83 Å². The van der Waals surface area contributed by atoms with Gasteiger partial charge in [-0.1, -0.05) is 62.9 Å². The molecule has 1 radical (unpaired) electrons. The van der Waals surface area contributed by atoms with Crippen LogP contribution in [0, 0.1) is 25.9 Å². The summed E-state index contributed by atoms with van der Waals surface area (Å²) in [5.74, 6) is 0. The first kappa shape index (κ1) is 27.6. The summed E-state index contributed by atoms with van der Waals surface area (Å²) in [7, 11) is 0. The predicted molar refractivity (Wildman–Crippen MR) is 182 cm³/mol. The molecule has 229 valence electrons. The largest absolute Gasteiger partial charge is 0.486 e. The van der Waals surface area contributed by atoms with Gasteiger partial charge < -0.3 is 9.40 Å². The van der Waals surface area contributed by atoms with Crippen LogP contribution in [0.25, 0.3) is 54.8 Å². The number of hydrogen-bond donors (Lipinski definition) is 0. The quantitative estimate of drug-likeness (QED) is 0.164. The first-order chi connectivity index (χ1) is 22.3. The zero-order chi connectivity index (χ0) is 33.1. The standard InChI is InChI=1S/C27H25N2OS.C12H10N.Ir/c1-15-9-10-17-16-7-6-8-18(22(16)30-24(17)28-15)20-12-11-19-21-23(31-25(19)29-20)27(4,5)14-13-26(21,2)3;1-10-7-8-12(13-9-10)11-5-3-2-4-6-11;/h6-7,9-12H,13-14H2,1-5H3;2-5,7-9H,1H3;/q2*-1;/i1D3;;. The summed E-state index contributed by atoms with van der Waals surface area (Å²) in [6.45, 7) is 9.09. The van der Waals surface area contributed by atoms with Gasteiger partial charge in [-0.15, -0.1) is 65.4 Å². The van der Waals surface area contributed by atoms with E-state index in [1.807, 2.05) is 61.7 Å². The van der Waals surface area contributed by atoms with Crippen molar-refractivity contribution in [3.05, 3.63) is 113 Å². The number of hydrogen-bond acceptors (Lipinski definition) is 5. The van der Waals surface area contributed by atoms with E-state index in [-0.39, 0.29) is 36.6 Å². The van der Waals surface area contributed by atoms with Gasteiger partial charge >= 0.3 is 0 Å². The van der Waals surface area contributed by atoms with Crippen LogP contribution in [0.1, 0.15) is 66.3 Å². The zero-order valence-electron chi connectivity index (χ0n) is 28.9. The molecule has 1 aliphatic carbocycles. The summed E-state index contributed by atoms with van der Waals surface area (Å²) in [5.41, 5.74) is 7.45. The van der Waals surface area contributed by atoms with Crippen LogP contribution in [0.2, 0.25) is 0 Å². The number of benzene rings is 2. The van der Waals surface area contributed by atoms with Gasteiger partial charge in [0.25, 0.3) is 0 Å². The molecule has 8 rings (SSSR count). The molecule has 6 heteroatoms. The normalized spacial score (nSPS) is 16.2. The molecule has 0 saturated heterocycles. The molecule has 0 fully saturated rings. The molecule has 4 nitrogen and oxygen atoms in total. The molecule has 45 heavy (non-hydrogen) atoms. The van der Waals surface area contributed by atoms with Crippen molar-refractivity contribution < 1.29 is 28.6 Å². The minimum absolute atomic E-state index is 0. The monoisotopic (exact) mass is 789 g/mol. The van der Waals surface area contributed by atoms with Crippen LogP contribution < -0.4 is 0 Å². The Morgan fingerprint density at radius 1 is 0.822 bits per heavy atom. The van der Waals surface area contributed by atoms with Crippen molar-refractivity contribution in [2.45, 2.75) is 65.1 Å². The van der Waals surface area contributed by atoms with Gasteiger partial charge in [-0.25, -0.2) is 4.98 Å². The molecule has 0 bridgehead atoms. The topological polar surface area (TPSA) is 51.8 Å². The number of rotatable bonds is 2. The fraction of sp³-hybridized carbons (Fsp3) is 0.256. The maximum Gasteiger partial charge on any atom is 0.216 e. The number of furan rings is 1. The van der Waals surface area contributed by atoms with Gasteiger partial charge in [-0.2, -0.15) is 0 Å². The number of nitrogens with zero attached hydrogens (tertiary/aromatic N) is 3. The fourth-order valence-corrected chi connectivity index (χ4v) is 7.61. The molecule has 0 saturated carbocycles. The molecule has 7 aromatic rings. The van der Waals surface area contributed by atoms with Crippen molar-refractivity contribution in [1.82, 2.24) is 15.0 Å². The molecule has 0 amide bonds. The second-order valence-electron chi connectivity index (χ2n) is 12.9. The van der Waals surface area contributed by atoms with E-state index in [4.69, 9.17) is 13.5 Å². The van der Waals surface area contributed by atoms with E-state index in [9.17, 15) is 0 Å². The second-order valence-corrected chi connectivity index (χ2v) is 13.9. The summed E-state index contributed by atoms with van der Waals surface area (Å²) < 4.78 is 29.1. The Balaban J connectivity index is 0.000000241. The third-order valence-corrected chi connectivity index (χ3v) is 10.1. The van der Waals surface area contributed by atoms with E-state index < -0.39 is 6.85 Å². The number of pyridine rings is 3. The first-order valence-corrected chi connectivity index (χ1v) is 15.7. The number of thiophene rings is 1. The first-order valence-electron chi connectivity index (χ1n) is 16.4. The Hall–Kier alpha value is -3.70. The van der Waals surface area contributed by atoms with Gasteiger partial charge in [0.05, 0.1) is 5.58 Å². The van der Waals surface area contributed by atoms with Gasteiger partial charge in [0.2, 0.25) is 5.71 Å². The molecule has 0 spiro atoms. The predicted octanol–water partition coefficient (Wildman–Crippen LogP) is 10.6. The van der Waals surface area contributed by atoms with Crippen LogP contribution in [0.5, 0.6) is 0 Å². The van der Waals surface area contributed by atoms with Crippen molar-refractivity contribution in [1.29, 1.82) is 0 Å². The second kappa shape index (κ2) is 11.9. The fourth-order valence-electron chi connectivity index (χ4n) is 6.12. The summed E-state index contributed by atoms with van der Waals surface area (Å²) in [6, 6.07) is 29.7. The van der Waals surface area contributed by atoms with Crippen LogP contribution in [-0.2, 0) is 30.9 Å². The molecule has 0 unspecified atom stereocenters. The van der Waals surface area contributed by atoms with E-state index in [1.165, 1.54) is 27.8 Å². The summed E-state index contributed by atoms with van der Waals surface area (Å²) >= 11 is 1.80. The van der Waals surface area contributed by atoms with Gasteiger partial charge in [0, 0.05) is 51.8 Å². The Labute approximate surface area is 286 Å². The van der Waals surface area contributed by atoms with Crippen LogP contribution in [0.15, 0.2) is 83.4 Å². The maximum atomic E-state index is 7.66. The minimum atomic E-state index is -2.28. The molecular weight excluding hydrogens is 751 g/mol. The van der Waals surface area contributed by atoms with E-state index in [2.05, 4.69) is 61.9 Å². The average Bonchev–Trinajstić information content (AvgIpc) is 3.64. The zero-order valence-corrected chi connectivity index (χ0v) is 29.1. The number of aryl methyl sites for hydroxylation is 2. The minimum Gasteiger partial charge on any atom is -0.486 e. The van der Waals surface area contributed by atoms with E-state index >= 15 is 0 Å². The van der Waals surface area contributed by atoms with Gasteiger partial charge in [-0.3, -0.25) is 4.98 Å². The van der Waals surface area contributed by atoms with Crippen LogP contribution >= 0.6 is 11.3 Å². The summed E-state index contributed by atoms with van der Waals surface area (Å²) in [4.78, 5) is 16.2. The maximum absolute atomic E-state index is 7.66. The van der Waals surface area contributed by atoms with E-state index in [0.717, 1.165) is 44.5 Å². The molecule has 5 heterocycles. The third-order valence-electron chi connectivity index (χ3n) is 8.67. The molecule has 0 aliphatic heterocycles. The Morgan fingerprint density at radius 2 is 1.62 bits per heavy atom. The summed E-state index contributed by atoms with van der Waals surface area (Å²) in [6.07, 6.45) is 4.21. The van der Waals surface area contributed by atoms with Crippen molar-refractivity contribution in [2.24, 2.45) is 0 Å². The summed E-state index contributed by atoms with van der Waals surface area (Å²) in [5, 5.41) is 2.90. The average molecular weight is 789 g/mol. The third kappa shape index (κ3) is 5.76. The van der Waals surface area contributed by atoms with Crippen molar-refractivity contribution in [2.75, 3.05) is 0 Å².